The van der Waals surface area contributed by atoms with Crippen molar-refractivity contribution in [2.45, 2.75) is 13.8 Å². The molecule has 6 nitrogen and oxygen atoms in total. The van der Waals surface area contributed by atoms with E-state index in [1.165, 1.54) is 13.0 Å². The first-order chi connectivity index (χ1) is 10.5. The van der Waals surface area contributed by atoms with E-state index < -0.39 is 5.97 Å². The number of amides is 1. The number of hydrogen-bond donors (Lipinski definition) is 1. The summed E-state index contributed by atoms with van der Waals surface area (Å²) in [4.78, 5) is 31.4. The topological polar surface area (TPSA) is 81.2 Å². The van der Waals surface area contributed by atoms with Crippen LogP contribution in [0.5, 0.6) is 0 Å². The lowest BCUT2D eigenvalue weighted by molar-refractivity contribution is -0.114. The smallest absolute Gasteiger partial charge is 0.356 e. The minimum Gasteiger partial charge on any atom is -0.461 e. The molecule has 114 valence electrons. The van der Waals surface area contributed by atoms with Crippen molar-refractivity contribution in [3.05, 3.63) is 41.3 Å². The van der Waals surface area contributed by atoms with Gasteiger partial charge in [0.2, 0.25) is 5.91 Å². The normalized spacial score (nSPS) is 10.1. The van der Waals surface area contributed by atoms with E-state index in [9.17, 15) is 9.59 Å². The van der Waals surface area contributed by atoms with Crippen LogP contribution in [0.25, 0.3) is 11.3 Å². The molecule has 0 unspecified atom stereocenters. The Hall–Kier alpha value is -2.47. The quantitative estimate of drug-likeness (QED) is 0.876. The molecule has 0 spiro atoms. The van der Waals surface area contributed by atoms with E-state index in [4.69, 9.17) is 16.3 Å². The molecular formula is C15H14ClN3O3. The number of halogens is 1. The van der Waals surface area contributed by atoms with E-state index in [1.807, 2.05) is 0 Å². The summed E-state index contributed by atoms with van der Waals surface area (Å²) in [5.74, 6) is -0.864. The van der Waals surface area contributed by atoms with Crippen LogP contribution in [0.4, 0.5) is 5.69 Å². The molecule has 0 aliphatic heterocycles. The molecule has 0 bridgehead atoms. The van der Waals surface area contributed by atoms with Gasteiger partial charge in [-0.2, -0.15) is 0 Å². The molecule has 7 heteroatoms. The van der Waals surface area contributed by atoms with E-state index in [0.29, 0.717) is 16.9 Å². The standard InChI is InChI=1S/C15H14ClN3O3/c1-3-22-15(21)12-8-11(16)14(18-9(2)20)13(19-12)10-4-6-17-7-5-10/h4-8H,3H2,1-2H3,(H,18,20). The van der Waals surface area contributed by atoms with Gasteiger partial charge in [0.25, 0.3) is 0 Å². The number of aromatic nitrogens is 2. The summed E-state index contributed by atoms with van der Waals surface area (Å²) in [7, 11) is 0. The van der Waals surface area contributed by atoms with Gasteiger partial charge in [0, 0.05) is 24.9 Å². The van der Waals surface area contributed by atoms with Gasteiger partial charge >= 0.3 is 5.97 Å². The maximum Gasteiger partial charge on any atom is 0.356 e. The average Bonchev–Trinajstić information content (AvgIpc) is 2.49. The summed E-state index contributed by atoms with van der Waals surface area (Å²) in [6.45, 7) is 3.30. The lowest BCUT2D eigenvalue weighted by Crippen LogP contribution is -2.12. The first-order valence-corrected chi connectivity index (χ1v) is 6.96. The van der Waals surface area contributed by atoms with Gasteiger partial charge in [0.05, 0.1) is 23.0 Å². The number of ether oxygens (including phenoxy) is 1. The fraction of sp³-hybridized carbons (Fsp3) is 0.200. The molecule has 0 saturated carbocycles. The molecule has 0 fully saturated rings. The van der Waals surface area contributed by atoms with Crippen molar-refractivity contribution in [3.8, 4) is 11.3 Å². The van der Waals surface area contributed by atoms with Crippen molar-refractivity contribution >= 4 is 29.2 Å². The zero-order valence-electron chi connectivity index (χ0n) is 12.1. The van der Waals surface area contributed by atoms with Gasteiger partial charge in [-0.15, -0.1) is 0 Å². The van der Waals surface area contributed by atoms with E-state index in [2.05, 4.69) is 15.3 Å². The van der Waals surface area contributed by atoms with E-state index in [-0.39, 0.29) is 23.2 Å². The number of esters is 1. The number of rotatable bonds is 4. The molecule has 1 amide bonds. The Morgan fingerprint density at radius 3 is 2.59 bits per heavy atom. The minimum absolute atomic E-state index is 0.0766. The first-order valence-electron chi connectivity index (χ1n) is 6.58. The molecule has 0 aliphatic rings. The zero-order valence-corrected chi connectivity index (χ0v) is 12.8. The number of pyridine rings is 2. The molecule has 2 aromatic rings. The van der Waals surface area contributed by atoms with Gasteiger partial charge in [-0.3, -0.25) is 9.78 Å². The van der Waals surface area contributed by atoms with Crippen molar-refractivity contribution in [1.82, 2.24) is 9.97 Å². The molecule has 2 heterocycles. The highest BCUT2D eigenvalue weighted by atomic mass is 35.5. The molecule has 0 atom stereocenters. The molecule has 2 aromatic heterocycles. The molecule has 0 aliphatic carbocycles. The molecule has 0 radical (unpaired) electrons. The second-order valence-corrected chi connectivity index (χ2v) is 4.76. The summed E-state index contributed by atoms with van der Waals surface area (Å²) >= 11 is 6.19. The van der Waals surface area contributed by atoms with E-state index in [1.54, 1.807) is 31.5 Å². The second kappa shape index (κ2) is 7.00. The minimum atomic E-state index is -0.575. The van der Waals surface area contributed by atoms with Crippen molar-refractivity contribution in [1.29, 1.82) is 0 Å². The molecule has 0 saturated heterocycles. The van der Waals surface area contributed by atoms with E-state index in [0.717, 1.165) is 0 Å². The lowest BCUT2D eigenvalue weighted by Gasteiger charge is -2.13. The van der Waals surface area contributed by atoms with Gasteiger partial charge in [0.1, 0.15) is 0 Å². The van der Waals surface area contributed by atoms with Crippen LogP contribution in [-0.4, -0.2) is 28.5 Å². The Kier molecular flexibility index (Phi) is 5.06. The zero-order chi connectivity index (χ0) is 16.1. The maximum atomic E-state index is 11.9. The van der Waals surface area contributed by atoms with Crippen LogP contribution in [0.15, 0.2) is 30.6 Å². The van der Waals surface area contributed by atoms with Gasteiger partial charge in [-0.1, -0.05) is 11.6 Å². The summed E-state index contributed by atoms with van der Waals surface area (Å²) in [5, 5.41) is 2.84. The van der Waals surface area contributed by atoms with Gasteiger partial charge in [-0.25, -0.2) is 9.78 Å². The summed E-state index contributed by atoms with van der Waals surface area (Å²) in [5.41, 5.74) is 1.47. The molecule has 0 aromatic carbocycles. The summed E-state index contributed by atoms with van der Waals surface area (Å²) < 4.78 is 4.93. The van der Waals surface area contributed by atoms with Gasteiger partial charge in [-0.05, 0) is 25.1 Å². The highest BCUT2D eigenvalue weighted by molar-refractivity contribution is 6.34. The number of nitrogens with zero attached hydrogens (tertiary/aromatic N) is 2. The van der Waals surface area contributed by atoms with Crippen LogP contribution in [0.2, 0.25) is 5.02 Å². The fourth-order valence-electron chi connectivity index (χ4n) is 1.84. The Balaban J connectivity index is 2.59. The van der Waals surface area contributed by atoms with Gasteiger partial charge < -0.3 is 10.1 Å². The van der Waals surface area contributed by atoms with Crippen molar-refractivity contribution in [3.63, 3.8) is 0 Å². The third-order valence-electron chi connectivity index (χ3n) is 2.71. The number of anilines is 1. The third kappa shape index (κ3) is 3.59. The van der Waals surface area contributed by atoms with Gasteiger partial charge in [0.15, 0.2) is 5.69 Å². The first kappa shape index (κ1) is 15.9. The van der Waals surface area contributed by atoms with Crippen LogP contribution >= 0.6 is 11.6 Å². The summed E-state index contributed by atoms with van der Waals surface area (Å²) in [6, 6.07) is 4.79. The number of hydrogen-bond acceptors (Lipinski definition) is 5. The number of carbonyl (C=O) groups is 2. The van der Waals surface area contributed by atoms with Crippen LogP contribution in [0, 0.1) is 0 Å². The molecule has 22 heavy (non-hydrogen) atoms. The SMILES string of the molecule is CCOC(=O)c1cc(Cl)c(NC(C)=O)c(-c2ccncc2)n1. The van der Waals surface area contributed by atoms with Crippen molar-refractivity contribution in [2.75, 3.05) is 11.9 Å². The van der Waals surface area contributed by atoms with Crippen LogP contribution < -0.4 is 5.32 Å². The number of carbonyl (C=O) groups excluding carboxylic acids is 2. The average molecular weight is 320 g/mol. The predicted molar refractivity (Wildman–Crippen MR) is 82.7 cm³/mol. The van der Waals surface area contributed by atoms with Crippen LogP contribution in [-0.2, 0) is 9.53 Å². The molecule has 1 N–H and O–H groups in total. The maximum absolute atomic E-state index is 11.9. The van der Waals surface area contributed by atoms with Crippen molar-refractivity contribution in [2.24, 2.45) is 0 Å². The molecular weight excluding hydrogens is 306 g/mol. The van der Waals surface area contributed by atoms with Crippen molar-refractivity contribution < 1.29 is 14.3 Å². The van der Waals surface area contributed by atoms with Crippen LogP contribution in [0.1, 0.15) is 24.3 Å². The predicted octanol–water partition coefficient (Wildman–Crippen LogP) is 2.93. The Morgan fingerprint density at radius 1 is 1.32 bits per heavy atom. The molecule has 2 rings (SSSR count). The highest BCUT2D eigenvalue weighted by Gasteiger charge is 2.18. The highest BCUT2D eigenvalue weighted by Crippen LogP contribution is 2.33. The Labute approximate surface area is 132 Å². The largest absolute Gasteiger partial charge is 0.461 e. The van der Waals surface area contributed by atoms with Crippen LogP contribution in [0.3, 0.4) is 0 Å². The lowest BCUT2D eigenvalue weighted by atomic mass is 10.1. The fourth-order valence-corrected chi connectivity index (χ4v) is 2.08. The van der Waals surface area contributed by atoms with E-state index >= 15 is 0 Å². The monoisotopic (exact) mass is 319 g/mol. The Morgan fingerprint density at radius 2 is 2.00 bits per heavy atom. The number of nitrogens with one attached hydrogen (secondary N) is 1. The third-order valence-corrected chi connectivity index (χ3v) is 3.01. The second-order valence-electron chi connectivity index (χ2n) is 4.35. The Bertz CT molecular complexity index is 705. The summed E-state index contributed by atoms with van der Waals surface area (Å²) in [6.07, 6.45) is 3.17.